The van der Waals surface area contributed by atoms with Crippen molar-refractivity contribution in [2.45, 2.75) is 26.0 Å². The molecule has 0 aliphatic rings. The highest BCUT2D eigenvalue weighted by Crippen LogP contribution is 2.16. The molecule has 0 saturated carbocycles. The quantitative estimate of drug-likeness (QED) is 0.712. The van der Waals surface area contributed by atoms with Crippen LogP contribution in [0.15, 0.2) is 6.20 Å². The van der Waals surface area contributed by atoms with Crippen LogP contribution in [0.4, 0.5) is 0 Å². The lowest BCUT2D eigenvalue weighted by Crippen LogP contribution is -2.29. The van der Waals surface area contributed by atoms with E-state index in [1.807, 2.05) is 32.5 Å². The number of nitrogens with one attached hydrogen (secondary N) is 1. The van der Waals surface area contributed by atoms with Crippen LogP contribution in [-0.2, 0) is 7.05 Å². The molecule has 0 spiro atoms. The highest BCUT2D eigenvalue weighted by Gasteiger charge is 2.18. The second-order valence-electron chi connectivity index (χ2n) is 3.31. The Kier molecular flexibility index (Phi) is 3.06. The van der Waals surface area contributed by atoms with Crippen molar-refractivity contribution >= 4 is 0 Å². The van der Waals surface area contributed by atoms with Gasteiger partial charge in [-0.1, -0.05) is 0 Å². The number of hydrogen-bond donors (Lipinski definition) is 2. The van der Waals surface area contributed by atoms with E-state index in [4.69, 9.17) is 0 Å². The zero-order valence-corrected chi connectivity index (χ0v) is 8.57. The summed E-state index contributed by atoms with van der Waals surface area (Å²) in [4.78, 5) is 4.13. The number of rotatable bonds is 3. The first-order valence-corrected chi connectivity index (χ1v) is 4.41. The average molecular weight is 183 g/mol. The molecular weight excluding hydrogens is 166 g/mol. The molecule has 4 nitrogen and oxygen atoms in total. The van der Waals surface area contributed by atoms with Crippen LogP contribution in [0.25, 0.3) is 0 Å². The van der Waals surface area contributed by atoms with Crippen LogP contribution in [0, 0.1) is 6.92 Å². The van der Waals surface area contributed by atoms with Gasteiger partial charge < -0.3 is 15.0 Å². The fourth-order valence-electron chi connectivity index (χ4n) is 1.21. The number of hydrogen-bond acceptors (Lipinski definition) is 3. The molecule has 0 fully saturated rings. The number of imidazole rings is 1. The maximum atomic E-state index is 9.86. The van der Waals surface area contributed by atoms with Crippen LogP contribution in [-0.4, -0.2) is 27.7 Å². The number of aliphatic hydroxyl groups is 1. The van der Waals surface area contributed by atoms with Crippen molar-refractivity contribution in [2.75, 3.05) is 7.05 Å². The van der Waals surface area contributed by atoms with Gasteiger partial charge in [0.1, 0.15) is 11.9 Å². The molecule has 1 unspecified atom stereocenters. The molecule has 1 aromatic rings. The number of aryl methyl sites for hydroxylation is 1. The third-order valence-corrected chi connectivity index (χ3v) is 2.49. The fourth-order valence-corrected chi connectivity index (χ4v) is 1.21. The summed E-state index contributed by atoms with van der Waals surface area (Å²) < 4.78 is 1.90. The lowest BCUT2D eigenvalue weighted by Gasteiger charge is -2.18. The molecule has 1 rings (SSSR count). The Bertz CT molecular complexity index is 282. The van der Waals surface area contributed by atoms with Crippen LogP contribution in [0.5, 0.6) is 0 Å². The van der Waals surface area contributed by atoms with Gasteiger partial charge in [-0.3, -0.25) is 0 Å². The third kappa shape index (κ3) is 1.89. The molecule has 0 amide bonds. The predicted molar refractivity (Wildman–Crippen MR) is 51.4 cm³/mol. The monoisotopic (exact) mass is 183 g/mol. The van der Waals surface area contributed by atoms with E-state index < -0.39 is 6.10 Å². The summed E-state index contributed by atoms with van der Waals surface area (Å²) in [5.74, 6) is 0.914. The van der Waals surface area contributed by atoms with Crippen LogP contribution >= 0.6 is 0 Å². The van der Waals surface area contributed by atoms with Crippen molar-refractivity contribution in [2.24, 2.45) is 7.05 Å². The summed E-state index contributed by atoms with van der Waals surface area (Å²) in [5, 5.41) is 12.9. The molecule has 13 heavy (non-hydrogen) atoms. The van der Waals surface area contributed by atoms with Crippen molar-refractivity contribution in [3.63, 3.8) is 0 Å². The van der Waals surface area contributed by atoms with E-state index in [0.29, 0.717) is 0 Å². The summed E-state index contributed by atoms with van der Waals surface area (Å²) in [5.41, 5.74) is 0.847. The molecule has 2 N–H and O–H groups in total. The van der Waals surface area contributed by atoms with Gasteiger partial charge in [-0.2, -0.15) is 0 Å². The Balaban J connectivity index is 2.88. The summed E-state index contributed by atoms with van der Waals surface area (Å²) in [6.07, 6.45) is 1.21. The lowest BCUT2D eigenvalue weighted by molar-refractivity contribution is 0.132. The minimum Gasteiger partial charge on any atom is -0.385 e. The van der Waals surface area contributed by atoms with E-state index in [9.17, 15) is 5.11 Å². The Labute approximate surface area is 78.6 Å². The van der Waals surface area contributed by atoms with Crippen molar-refractivity contribution < 1.29 is 5.11 Å². The van der Waals surface area contributed by atoms with E-state index in [2.05, 4.69) is 10.3 Å². The third-order valence-electron chi connectivity index (χ3n) is 2.49. The van der Waals surface area contributed by atoms with Gasteiger partial charge in [0.2, 0.25) is 0 Å². The second-order valence-corrected chi connectivity index (χ2v) is 3.31. The van der Waals surface area contributed by atoms with E-state index in [-0.39, 0.29) is 6.04 Å². The molecule has 1 heterocycles. The Hall–Kier alpha value is -0.870. The largest absolute Gasteiger partial charge is 0.385 e. The second kappa shape index (κ2) is 3.89. The molecule has 0 aliphatic carbocycles. The van der Waals surface area contributed by atoms with Crippen LogP contribution in [0.1, 0.15) is 24.5 Å². The van der Waals surface area contributed by atoms with Gasteiger partial charge in [0.25, 0.3) is 0 Å². The minimum atomic E-state index is -0.504. The van der Waals surface area contributed by atoms with Crippen molar-refractivity contribution in [1.29, 1.82) is 0 Å². The summed E-state index contributed by atoms with van der Waals surface area (Å²) in [6.45, 7) is 3.85. The predicted octanol–water partition coefficient (Wildman–Crippen LogP) is 0.370. The topological polar surface area (TPSA) is 50.1 Å². The molecule has 0 saturated heterocycles. The van der Waals surface area contributed by atoms with Crippen molar-refractivity contribution in [3.8, 4) is 0 Å². The van der Waals surface area contributed by atoms with Crippen molar-refractivity contribution in [1.82, 2.24) is 14.9 Å². The summed E-state index contributed by atoms with van der Waals surface area (Å²) in [6, 6.07) is 0.0369. The SMILES string of the molecule is CN[C@@H](C)C(O)c1cnc(C)n1C. The smallest absolute Gasteiger partial charge is 0.110 e. The Morgan fingerprint density at radius 3 is 2.62 bits per heavy atom. The van der Waals surface area contributed by atoms with Gasteiger partial charge in [-0.25, -0.2) is 4.98 Å². The number of nitrogens with zero attached hydrogens (tertiary/aromatic N) is 2. The average Bonchev–Trinajstić information content (AvgIpc) is 2.45. The molecule has 1 aromatic heterocycles. The van der Waals surface area contributed by atoms with Gasteiger partial charge in [0, 0.05) is 13.1 Å². The molecule has 0 bridgehead atoms. The van der Waals surface area contributed by atoms with Gasteiger partial charge in [0.15, 0.2) is 0 Å². The maximum Gasteiger partial charge on any atom is 0.110 e. The van der Waals surface area contributed by atoms with Crippen LogP contribution in [0.2, 0.25) is 0 Å². The van der Waals surface area contributed by atoms with E-state index in [0.717, 1.165) is 11.5 Å². The van der Waals surface area contributed by atoms with Crippen LogP contribution in [0.3, 0.4) is 0 Å². The fraction of sp³-hybridized carbons (Fsp3) is 0.667. The van der Waals surface area contributed by atoms with Crippen molar-refractivity contribution in [3.05, 3.63) is 17.7 Å². The Morgan fingerprint density at radius 1 is 1.62 bits per heavy atom. The molecule has 0 aliphatic heterocycles. The molecular formula is C9H17N3O. The van der Waals surface area contributed by atoms with E-state index in [1.54, 1.807) is 6.20 Å². The molecule has 0 aromatic carbocycles. The first kappa shape index (κ1) is 10.2. The summed E-state index contributed by atoms with van der Waals surface area (Å²) >= 11 is 0. The van der Waals surface area contributed by atoms with Gasteiger partial charge in [-0.15, -0.1) is 0 Å². The molecule has 74 valence electrons. The highest BCUT2D eigenvalue weighted by atomic mass is 16.3. The maximum absolute atomic E-state index is 9.86. The summed E-state index contributed by atoms with van der Waals surface area (Å²) in [7, 11) is 3.74. The first-order valence-electron chi connectivity index (χ1n) is 4.41. The molecule has 2 atom stereocenters. The Morgan fingerprint density at radius 2 is 2.23 bits per heavy atom. The van der Waals surface area contributed by atoms with Gasteiger partial charge in [-0.05, 0) is 20.9 Å². The standard InChI is InChI=1S/C9H17N3O/c1-6(10-3)9(13)8-5-11-7(2)12(8)4/h5-6,9-10,13H,1-4H3/t6-,9?/m0/s1. The zero-order chi connectivity index (χ0) is 10.0. The van der Waals surface area contributed by atoms with E-state index >= 15 is 0 Å². The number of aromatic nitrogens is 2. The highest BCUT2D eigenvalue weighted by molar-refractivity contribution is 5.08. The molecule has 0 radical (unpaired) electrons. The van der Waals surface area contributed by atoms with Gasteiger partial charge >= 0.3 is 0 Å². The van der Waals surface area contributed by atoms with Crippen LogP contribution < -0.4 is 5.32 Å². The normalized spacial score (nSPS) is 15.8. The minimum absolute atomic E-state index is 0.0369. The zero-order valence-electron chi connectivity index (χ0n) is 8.57. The number of aliphatic hydroxyl groups excluding tert-OH is 1. The lowest BCUT2D eigenvalue weighted by atomic mass is 10.1. The van der Waals surface area contributed by atoms with Gasteiger partial charge in [0.05, 0.1) is 11.9 Å². The van der Waals surface area contributed by atoms with E-state index in [1.165, 1.54) is 0 Å². The molecule has 4 heteroatoms. The number of likely N-dealkylation sites (N-methyl/N-ethyl adjacent to an activating group) is 1. The first-order chi connectivity index (χ1) is 6.07.